The first-order valence-corrected chi connectivity index (χ1v) is 8.22. The topological polar surface area (TPSA) is 99.9 Å². The SMILES string of the molecule is CCOC(Cn1c(-c2ccc(OC)cc2)ncc(C(=O)O)c1=O)OCC. The zero-order valence-electron chi connectivity index (χ0n) is 15.0. The lowest BCUT2D eigenvalue weighted by Crippen LogP contribution is -2.34. The maximum absolute atomic E-state index is 12.7. The van der Waals surface area contributed by atoms with Gasteiger partial charge in [0.15, 0.2) is 6.29 Å². The number of hydrogen-bond donors (Lipinski definition) is 1. The van der Waals surface area contributed by atoms with Gasteiger partial charge in [-0.3, -0.25) is 9.36 Å². The van der Waals surface area contributed by atoms with Gasteiger partial charge in [0.05, 0.1) is 13.7 Å². The van der Waals surface area contributed by atoms with Crippen LogP contribution in [0.3, 0.4) is 0 Å². The summed E-state index contributed by atoms with van der Waals surface area (Å²) in [6, 6.07) is 6.96. The fourth-order valence-electron chi connectivity index (χ4n) is 2.45. The third kappa shape index (κ3) is 4.47. The zero-order valence-corrected chi connectivity index (χ0v) is 15.0. The Morgan fingerprint density at radius 3 is 2.31 bits per heavy atom. The van der Waals surface area contributed by atoms with Crippen LogP contribution in [0.5, 0.6) is 5.75 Å². The van der Waals surface area contributed by atoms with E-state index in [-0.39, 0.29) is 6.54 Å². The predicted molar refractivity (Wildman–Crippen MR) is 94.5 cm³/mol. The smallest absolute Gasteiger partial charge is 0.342 e. The molecule has 1 aromatic heterocycles. The molecule has 26 heavy (non-hydrogen) atoms. The van der Waals surface area contributed by atoms with E-state index in [2.05, 4.69) is 4.98 Å². The number of ether oxygens (including phenoxy) is 3. The molecule has 0 bridgehead atoms. The van der Waals surface area contributed by atoms with E-state index in [4.69, 9.17) is 14.2 Å². The van der Waals surface area contributed by atoms with Gasteiger partial charge in [-0.15, -0.1) is 0 Å². The van der Waals surface area contributed by atoms with E-state index < -0.39 is 23.4 Å². The average molecular weight is 362 g/mol. The molecule has 0 aliphatic carbocycles. The Balaban J connectivity index is 2.54. The number of hydrogen-bond acceptors (Lipinski definition) is 6. The summed E-state index contributed by atoms with van der Waals surface area (Å²) in [7, 11) is 1.56. The van der Waals surface area contributed by atoms with Crippen LogP contribution < -0.4 is 10.3 Å². The van der Waals surface area contributed by atoms with Crippen LogP contribution in [0.25, 0.3) is 11.4 Å². The molecule has 0 fully saturated rings. The summed E-state index contributed by atoms with van der Waals surface area (Å²) >= 11 is 0. The van der Waals surface area contributed by atoms with E-state index in [9.17, 15) is 14.7 Å². The van der Waals surface area contributed by atoms with Gasteiger partial charge in [-0.1, -0.05) is 0 Å². The Morgan fingerprint density at radius 1 is 1.19 bits per heavy atom. The van der Waals surface area contributed by atoms with Crippen LogP contribution in [-0.2, 0) is 16.0 Å². The standard InChI is InChI=1S/C18H22N2O6/c1-4-25-15(26-5-2)11-20-16(12-6-8-13(24-3)9-7-12)19-10-14(17(20)21)18(22)23/h6-10,15H,4-5,11H2,1-3H3,(H,22,23). The molecule has 1 aromatic carbocycles. The van der Waals surface area contributed by atoms with Crippen LogP contribution in [0.4, 0.5) is 0 Å². The number of carboxylic acids is 1. The monoisotopic (exact) mass is 362 g/mol. The molecule has 0 amide bonds. The highest BCUT2D eigenvalue weighted by atomic mass is 16.7. The van der Waals surface area contributed by atoms with Crippen LogP contribution >= 0.6 is 0 Å². The van der Waals surface area contributed by atoms with Gasteiger partial charge < -0.3 is 19.3 Å². The summed E-state index contributed by atoms with van der Waals surface area (Å²) < 4.78 is 17.4. The van der Waals surface area contributed by atoms with Crippen LogP contribution in [0.2, 0.25) is 0 Å². The van der Waals surface area contributed by atoms with Crippen molar-refractivity contribution in [3.05, 3.63) is 46.4 Å². The first-order chi connectivity index (χ1) is 12.5. The quantitative estimate of drug-likeness (QED) is 0.681. The number of carboxylic acid groups (broad SMARTS) is 1. The number of aromatic nitrogens is 2. The molecule has 2 rings (SSSR count). The number of carbonyl (C=O) groups is 1. The first-order valence-electron chi connectivity index (χ1n) is 8.22. The molecule has 0 saturated carbocycles. The Morgan fingerprint density at radius 2 is 1.81 bits per heavy atom. The van der Waals surface area contributed by atoms with Crippen LogP contribution in [0.1, 0.15) is 24.2 Å². The third-order valence-corrected chi connectivity index (χ3v) is 3.66. The van der Waals surface area contributed by atoms with Crippen molar-refractivity contribution in [2.75, 3.05) is 20.3 Å². The summed E-state index contributed by atoms with van der Waals surface area (Å²) in [5.74, 6) is -0.347. The minimum atomic E-state index is -1.33. The molecular formula is C18H22N2O6. The van der Waals surface area contributed by atoms with E-state index >= 15 is 0 Å². The lowest BCUT2D eigenvalue weighted by Gasteiger charge is -2.20. The summed E-state index contributed by atoms with van der Waals surface area (Å²) in [5, 5.41) is 9.23. The second-order valence-corrected chi connectivity index (χ2v) is 5.29. The summed E-state index contributed by atoms with van der Waals surface area (Å²) in [4.78, 5) is 28.2. The molecule has 0 spiro atoms. The van der Waals surface area contributed by atoms with Gasteiger partial charge in [-0.05, 0) is 38.1 Å². The second kappa shape index (κ2) is 9.12. The number of benzene rings is 1. The van der Waals surface area contributed by atoms with Crippen molar-refractivity contribution < 1.29 is 24.1 Å². The van der Waals surface area contributed by atoms with Crippen molar-refractivity contribution in [1.29, 1.82) is 0 Å². The van der Waals surface area contributed by atoms with Crippen LogP contribution in [-0.4, -0.2) is 47.2 Å². The molecule has 0 radical (unpaired) electrons. The molecule has 0 unspecified atom stereocenters. The van der Waals surface area contributed by atoms with Gasteiger partial charge in [-0.25, -0.2) is 9.78 Å². The van der Waals surface area contributed by atoms with E-state index in [1.54, 1.807) is 31.4 Å². The average Bonchev–Trinajstić information content (AvgIpc) is 2.63. The van der Waals surface area contributed by atoms with E-state index in [0.29, 0.717) is 30.4 Å². The van der Waals surface area contributed by atoms with Crippen molar-refractivity contribution in [2.45, 2.75) is 26.7 Å². The van der Waals surface area contributed by atoms with Gasteiger partial charge >= 0.3 is 5.97 Å². The Kier molecular flexibility index (Phi) is 6.88. The lowest BCUT2D eigenvalue weighted by molar-refractivity contribution is -0.143. The summed E-state index contributed by atoms with van der Waals surface area (Å²) in [6.45, 7) is 4.43. The molecule has 1 N–H and O–H groups in total. The highest BCUT2D eigenvalue weighted by Gasteiger charge is 2.20. The first kappa shape index (κ1) is 19.6. The van der Waals surface area contributed by atoms with Gasteiger partial charge in [0.25, 0.3) is 5.56 Å². The minimum absolute atomic E-state index is 0.0238. The van der Waals surface area contributed by atoms with Crippen LogP contribution in [0.15, 0.2) is 35.3 Å². The molecule has 0 aliphatic heterocycles. The maximum Gasteiger partial charge on any atom is 0.342 e. The fraction of sp³-hybridized carbons (Fsp3) is 0.389. The van der Waals surface area contributed by atoms with Crippen molar-refractivity contribution in [3.63, 3.8) is 0 Å². The van der Waals surface area contributed by atoms with Gasteiger partial charge in [0.1, 0.15) is 17.1 Å². The maximum atomic E-state index is 12.7. The number of nitrogens with zero attached hydrogens (tertiary/aromatic N) is 2. The predicted octanol–water partition coefficient (Wildman–Crippen LogP) is 2.02. The molecule has 140 valence electrons. The molecule has 8 heteroatoms. The number of aromatic carboxylic acids is 1. The van der Waals surface area contributed by atoms with E-state index in [1.165, 1.54) is 4.57 Å². The van der Waals surface area contributed by atoms with Gasteiger partial charge in [-0.2, -0.15) is 0 Å². The van der Waals surface area contributed by atoms with E-state index in [0.717, 1.165) is 6.20 Å². The van der Waals surface area contributed by atoms with Gasteiger partial charge in [0.2, 0.25) is 0 Å². The number of methoxy groups -OCH3 is 1. The Hall–Kier alpha value is -2.71. The fourth-order valence-corrected chi connectivity index (χ4v) is 2.45. The van der Waals surface area contributed by atoms with Crippen molar-refractivity contribution in [2.24, 2.45) is 0 Å². The minimum Gasteiger partial charge on any atom is -0.497 e. The second-order valence-electron chi connectivity index (χ2n) is 5.29. The molecular weight excluding hydrogens is 340 g/mol. The molecule has 1 heterocycles. The highest BCUT2D eigenvalue weighted by molar-refractivity contribution is 5.87. The molecule has 0 saturated heterocycles. The molecule has 8 nitrogen and oxygen atoms in total. The largest absolute Gasteiger partial charge is 0.497 e. The van der Waals surface area contributed by atoms with Gasteiger partial charge in [0, 0.05) is 25.0 Å². The van der Waals surface area contributed by atoms with E-state index in [1.807, 2.05) is 13.8 Å². The number of rotatable bonds is 9. The molecule has 0 atom stereocenters. The summed E-state index contributed by atoms with van der Waals surface area (Å²) in [5.41, 5.74) is -0.427. The Bertz CT molecular complexity index is 794. The van der Waals surface area contributed by atoms with Crippen molar-refractivity contribution >= 4 is 5.97 Å². The molecule has 2 aromatic rings. The third-order valence-electron chi connectivity index (χ3n) is 3.66. The van der Waals surface area contributed by atoms with Crippen molar-refractivity contribution in [3.8, 4) is 17.1 Å². The van der Waals surface area contributed by atoms with Crippen LogP contribution in [0, 0.1) is 0 Å². The lowest BCUT2D eigenvalue weighted by atomic mass is 10.2. The van der Waals surface area contributed by atoms with Crippen molar-refractivity contribution in [1.82, 2.24) is 9.55 Å². The highest BCUT2D eigenvalue weighted by Crippen LogP contribution is 2.20. The normalized spacial score (nSPS) is 10.9. The zero-order chi connectivity index (χ0) is 19.1. The Labute approximate surface area is 151 Å². The molecule has 0 aliphatic rings. The summed E-state index contributed by atoms with van der Waals surface area (Å²) in [6.07, 6.45) is 0.377.